The molecule has 1 fully saturated rings. The third-order valence-electron chi connectivity index (χ3n) is 4.30. The van der Waals surface area contributed by atoms with Gasteiger partial charge in [0.25, 0.3) is 0 Å². The summed E-state index contributed by atoms with van der Waals surface area (Å²) in [6.45, 7) is 0. The van der Waals surface area contributed by atoms with Crippen molar-refractivity contribution in [3.05, 3.63) is 24.3 Å². The molecular formula is C14H20BN5O2. The average molecular weight is 301 g/mol. The Labute approximate surface area is 129 Å². The third-order valence-corrected chi connectivity index (χ3v) is 4.30. The predicted molar refractivity (Wildman–Crippen MR) is 87.8 cm³/mol. The quantitative estimate of drug-likeness (QED) is 0.548. The van der Waals surface area contributed by atoms with Crippen LogP contribution in [-0.2, 0) is 0 Å². The Morgan fingerprint density at radius 1 is 1.05 bits per heavy atom. The number of hydrogen-bond donors (Lipinski definition) is 4. The molecule has 1 aromatic rings. The highest BCUT2D eigenvalue weighted by Gasteiger charge is 2.42. The minimum atomic E-state index is -1.49. The molecule has 0 atom stereocenters. The van der Waals surface area contributed by atoms with E-state index in [0.717, 1.165) is 31.4 Å². The first-order chi connectivity index (χ1) is 10.5. The first-order valence-electron chi connectivity index (χ1n) is 7.48. The van der Waals surface area contributed by atoms with Gasteiger partial charge in [-0.25, -0.2) is 4.99 Å². The third kappa shape index (κ3) is 2.55. The van der Waals surface area contributed by atoms with Gasteiger partial charge in [0.15, 0.2) is 0 Å². The lowest BCUT2D eigenvalue weighted by Gasteiger charge is -2.45. The van der Waals surface area contributed by atoms with Gasteiger partial charge in [-0.15, -0.1) is 0 Å². The standard InChI is InChI=1S/C14H20BN5O2/c16-12-18-13(17)20(14(19-12)8-2-1-3-9-14)11-6-4-10(5-7-11)15(21)22/h4-7,21-22H,1-3,8-9H2,(H4,16,17,18,19). The van der Waals surface area contributed by atoms with E-state index in [1.807, 2.05) is 4.90 Å². The lowest BCUT2D eigenvalue weighted by molar-refractivity contribution is 0.305. The zero-order valence-corrected chi connectivity index (χ0v) is 12.3. The Bertz CT molecular complexity index is 608. The minimum absolute atomic E-state index is 0.220. The van der Waals surface area contributed by atoms with Crippen molar-refractivity contribution in [2.24, 2.45) is 21.5 Å². The number of guanidine groups is 2. The predicted octanol–water partition coefficient (Wildman–Crippen LogP) is -0.524. The Hall–Kier alpha value is -2.06. The molecule has 1 aliphatic heterocycles. The van der Waals surface area contributed by atoms with Gasteiger partial charge in [0.05, 0.1) is 0 Å². The lowest BCUT2D eigenvalue weighted by Crippen LogP contribution is -2.58. The second-order valence-corrected chi connectivity index (χ2v) is 5.78. The van der Waals surface area contributed by atoms with E-state index >= 15 is 0 Å². The molecule has 0 bridgehead atoms. The molecule has 1 spiro atoms. The van der Waals surface area contributed by atoms with Crippen molar-refractivity contribution in [2.75, 3.05) is 4.90 Å². The largest absolute Gasteiger partial charge is 0.488 e. The first-order valence-corrected chi connectivity index (χ1v) is 7.48. The van der Waals surface area contributed by atoms with Crippen LogP contribution in [0, 0.1) is 0 Å². The molecule has 22 heavy (non-hydrogen) atoms. The van der Waals surface area contributed by atoms with Crippen LogP contribution in [0.1, 0.15) is 32.1 Å². The maximum Gasteiger partial charge on any atom is 0.488 e. The molecule has 0 saturated heterocycles. The summed E-state index contributed by atoms with van der Waals surface area (Å²) in [6.07, 6.45) is 5.04. The maximum absolute atomic E-state index is 9.21. The second kappa shape index (κ2) is 5.62. The summed E-state index contributed by atoms with van der Waals surface area (Å²) in [4.78, 5) is 10.6. The summed E-state index contributed by atoms with van der Waals surface area (Å²) >= 11 is 0. The zero-order valence-electron chi connectivity index (χ0n) is 12.3. The molecule has 8 heteroatoms. The van der Waals surface area contributed by atoms with Crippen molar-refractivity contribution in [2.45, 2.75) is 37.8 Å². The lowest BCUT2D eigenvalue weighted by atomic mass is 9.80. The molecule has 1 saturated carbocycles. The molecule has 2 aliphatic rings. The van der Waals surface area contributed by atoms with Crippen LogP contribution in [0.5, 0.6) is 0 Å². The molecule has 116 valence electrons. The van der Waals surface area contributed by atoms with E-state index in [1.54, 1.807) is 24.3 Å². The number of hydrogen-bond acceptors (Lipinski definition) is 7. The van der Waals surface area contributed by atoms with E-state index < -0.39 is 12.8 Å². The number of rotatable bonds is 2. The fourth-order valence-corrected chi connectivity index (χ4v) is 3.29. The highest BCUT2D eigenvalue weighted by Crippen LogP contribution is 2.39. The fourth-order valence-electron chi connectivity index (χ4n) is 3.29. The van der Waals surface area contributed by atoms with Gasteiger partial charge in [0.2, 0.25) is 11.9 Å². The van der Waals surface area contributed by atoms with E-state index in [2.05, 4.69) is 9.98 Å². The number of benzene rings is 1. The number of anilines is 1. The molecule has 0 radical (unpaired) electrons. The average Bonchev–Trinajstić information content (AvgIpc) is 2.47. The van der Waals surface area contributed by atoms with Crippen LogP contribution in [-0.4, -0.2) is 34.7 Å². The van der Waals surface area contributed by atoms with Crippen LogP contribution in [0.25, 0.3) is 0 Å². The van der Waals surface area contributed by atoms with Gasteiger partial charge in [0, 0.05) is 5.69 Å². The van der Waals surface area contributed by atoms with Gasteiger partial charge in [-0.05, 0) is 43.3 Å². The van der Waals surface area contributed by atoms with Crippen LogP contribution in [0.15, 0.2) is 34.3 Å². The molecular weight excluding hydrogens is 281 g/mol. The van der Waals surface area contributed by atoms with E-state index in [1.165, 1.54) is 6.42 Å². The molecule has 1 aromatic carbocycles. The summed E-state index contributed by atoms with van der Waals surface area (Å²) in [5.74, 6) is 0.546. The molecule has 3 rings (SSSR count). The Balaban J connectivity index is 2.00. The van der Waals surface area contributed by atoms with Gasteiger partial charge in [0.1, 0.15) is 5.66 Å². The Morgan fingerprint density at radius 3 is 2.27 bits per heavy atom. The fraction of sp³-hybridized carbons (Fsp3) is 0.429. The van der Waals surface area contributed by atoms with Crippen molar-refractivity contribution in [3.63, 3.8) is 0 Å². The van der Waals surface area contributed by atoms with E-state index in [4.69, 9.17) is 11.5 Å². The van der Waals surface area contributed by atoms with E-state index in [9.17, 15) is 10.0 Å². The number of nitrogens with two attached hydrogens (primary N) is 2. The molecule has 0 aromatic heterocycles. The van der Waals surface area contributed by atoms with E-state index in [0.29, 0.717) is 11.4 Å². The Morgan fingerprint density at radius 2 is 1.68 bits per heavy atom. The number of aliphatic imine (C=N–C) groups is 2. The van der Waals surface area contributed by atoms with Crippen molar-refractivity contribution in [1.29, 1.82) is 0 Å². The molecule has 1 aliphatic carbocycles. The van der Waals surface area contributed by atoms with Gasteiger partial charge < -0.3 is 21.5 Å². The van der Waals surface area contributed by atoms with Crippen LogP contribution in [0.2, 0.25) is 0 Å². The second-order valence-electron chi connectivity index (χ2n) is 5.78. The van der Waals surface area contributed by atoms with Gasteiger partial charge >= 0.3 is 7.12 Å². The highest BCUT2D eigenvalue weighted by atomic mass is 16.4. The Kier molecular flexibility index (Phi) is 3.80. The summed E-state index contributed by atoms with van der Waals surface area (Å²) in [6, 6.07) is 6.91. The molecule has 1 heterocycles. The highest BCUT2D eigenvalue weighted by molar-refractivity contribution is 6.58. The summed E-state index contributed by atoms with van der Waals surface area (Å²) in [5.41, 5.74) is 12.7. The van der Waals surface area contributed by atoms with Crippen molar-refractivity contribution < 1.29 is 10.0 Å². The molecule has 6 N–H and O–H groups in total. The smallest absolute Gasteiger partial charge is 0.423 e. The number of nitrogens with zero attached hydrogens (tertiary/aromatic N) is 3. The van der Waals surface area contributed by atoms with Crippen molar-refractivity contribution in [1.82, 2.24) is 0 Å². The van der Waals surface area contributed by atoms with Crippen molar-refractivity contribution in [3.8, 4) is 0 Å². The molecule has 7 nitrogen and oxygen atoms in total. The SMILES string of the molecule is NC1=NC2(CCCCC2)N(c2ccc(B(O)O)cc2)C(N)=N1. The molecule has 0 unspecified atom stereocenters. The minimum Gasteiger partial charge on any atom is -0.423 e. The zero-order chi connectivity index (χ0) is 15.7. The first kappa shape index (κ1) is 14.9. The van der Waals surface area contributed by atoms with E-state index in [-0.39, 0.29) is 5.96 Å². The molecule has 0 amide bonds. The monoisotopic (exact) mass is 301 g/mol. The summed E-state index contributed by atoms with van der Waals surface area (Å²) in [5, 5.41) is 18.4. The van der Waals surface area contributed by atoms with Crippen molar-refractivity contribution >= 4 is 30.2 Å². The van der Waals surface area contributed by atoms with Crippen LogP contribution >= 0.6 is 0 Å². The summed E-state index contributed by atoms with van der Waals surface area (Å²) in [7, 11) is -1.49. The van der Waals surface area contributed by atoms with Crippen LogP contribution in [0.4, 0.5) is 5.69 Å². The van der Waals surface area contributed by atoms with Gasteiger partial charge in [-0.2, -0.15) is 4.99 Å². The van der Waals surface area contributed by atoms with Crippen LogP contribution < -0.4 is 21.8 Å². The summed E-state index contributed by atoms with van der Waals surface area (Å²) < 4.78 is 0. The van der Waals surface area contributed by atoms with Gasteiger partial charge in [-0.1, -0.05) is 18.6 Å². The van der Waals surface area contributed by atoms with Gasteiger partial charge in [-0.3, -0.25) is 4.90 Å². The normalized spacial score (nSPS) is 20.5. The maximum atomic E-state index is 9.21. The van der Waals surface area contributed by atoms with Crippen LogP contribution in [0.3, 0.4) is 0 Å². The topological polar surface area (TPSA) is 120 Å².